The maximum atomic E-state index is 12.3. The predicted molar refractivity (Wildman–Crippen MR) is 94.8 cm³/mol. The molecule has 0 saturated heterocycles. The van der Waals surface area contributed by atoms with Crippen LogP contribution in [0.5, 0.6) is 11.5 Å². The van der Waals surface area contributed by atoms with Gasteiger partial charge >= 0.3 is 6.61 Å². The molecule has 10 heteroatoms. The van der Waals surface area contributed by atoms with E-state index in [0.29, 0.717) is 10.4 Å². The van der Waals surface area contributed by atoms with Crippen LogP contribution in [-0.2, 0) is 11.3 Å². The van der Waals surface area contributed by atoms with Gasteiger partial charge in [0.15, 0.2) is 16.2 Å². The Morgan fingerprint density at radius 3 is 2.59 bits per heavy atom. The number of likely N-dealkylation sites (N-methyl/N-ethyl adjacent to an activating group) is 1. The van der Waals surface area contributed by atoms with Gasteiger partial charge in [0.1, 0.15) is 5.76 Å². The minimum absolute atomic E-state index is 0.0187. The molecule has 146 valence electrons. The molecule has 27 heavy (non-hydrogen) atoms. The molecule has 0 atom stereocenters. The molecule has 0 spiro atoms. The molecule has 0 aliphatic carbocycles. The third-order valence-corrected chi connectivity index (χ3v) is 3.92. The number of amides is 2. The van der Waals surface area contributed by atoms with Crippen LogP contribution in [-0.4, -0.2) is 44.0 Å². The summed E-state index contributed by atoms with van der Waals surface area (Å²) in [6, 6.07) is 7.18. The maximum Gasteiger partial charge on any atom is 0.387 e. The molecule has 1 aromatic carbocycles. The van der Waals surface area contributed by atoms with Crippen LogP contribution in [0.25, 0.3) is 0 Å². The van der Waals surface area contributed by atoms with Crippen molar-refractivity contribution in [3.63, 3.8) is 0 Å². The second-order valence-electron chi connectivity index (χ2n) is 5.38. The Bertz CT molecular complexity index is 812. The van der Waals surface area contributed by atoms with Crippen molar-refractivity contribution < 1.29 is 32.3 Å². The van der Waals surface area contributed by atoms with Gasteiger partial charge in [0.2, 0.25) is 5.91 Å². The third kappa shape index (κ3) is 5.95. The molecular weight excluding hydrogens is 430 g/mol. The SMILES string of the molecule is COc1cc(C(=O)NCC(=O)N(C)Cc2ccc(Br)o2)ccc1OC(F)F. The minimum atomic E-state index is -3.01. The number of alkyl halides is 2. The summed E-state index contributed by atoms with van der Waals surface area (Å²) in [5.41, 5.74) is 0.138. The Labute approximate surface area is 162 Å². The van der Waals surface area contributed by atoms with Crippen molar-refractivity contribution in [3.05, 3.63) is 46.3 Å². The number of nitrogens with one attached hydrogen (secondary N) is 1. The molecule has 0 radical (unpaired) electrons. The fourth-order valence-corrected chi connectivity index (χ4v) is 2.49. The maximum absolute atomic E-state index is 12.3. The van der Waals surface area contributed by atoms with E-state index in [1.807, 2.05) is 0 Å². The van der Waals surface area contributed by atoms with Gasteiger partial charge in [-0.2, -0.15) is 8.78 Å². The predicted octanol–water partition coefficient (Wildman–Crippen LogP) is 3.04. The fourth-order valence-electron chi connectivity index (χ4n) is 2.15. The molecule has 2 amide bonds. The van der Waals surface area contributed by atoms with Gasteiger partial charge in [0, 0.05) is 12.6 Å². The van der Waals surface area contributed by atoms with Gasteiger partial charge in [-0.1, -0.05) is 0 Å². The van der Waals surface area contributed by atoms with Gasteiger partial charge in [-0.25, -0.2) is 0 Å². The summed E-state index contributed by atoms with van der Waals surface area (Å²) in [5.74, 6) is -0.512. The standard InChI is InChI=1S/C17H17BrF2N2O5/c1-22(9-11-4-6-14(18)26-11)15(23)8-21-16(24)10-3-5-12(27-17(19)20)13(7-10)25-2/h3-7,17H,8-9H2,1-2H3,(H,21,24). The van der Waals surface area contributed by atoms with Crippen LogP contribution in [0.4, 0.5) is 8.78 Å². The van der Waals surface area contributed by atoms with Gasteiger partial charge in [-0.15, -0.1) is 0 Å². The van der Waals surface area contributed by atoms with Crippen LogP contribution >= 0.6 is 15.9 Å². The quantitative estimate of drug-likeness (QED) is 0.673. The fraction of sp³-hybridized carbons (Fsp3) is 0.294. The van der Waals surface area contributed by atoms with Crippen molar-refractivity contribution in [1.29, 1.82) is 0 Å². The van der Waals surface area contributed by atoms with Crippen molar-refractivity contribution in [2.45, 2.75) is 13.2 Å². The number of rotatable bonds is 8. The lowest BCUT2D eigenvalue weighted by Gasteiger charge is -2.16. The summed E-state index contributed by atoms with van der Waals surface area (Å²) in [4.78, 5) is 25.7. The highest BCUT2D eigenvalue weighted by atomic mass is 79.9. The summed E-state index contributed by atoms with van der Waals surface area (Å²) < 4.78 is 39.8. The monoisotopic (exact) mass is 446 g/mol. The number of hydrogen-bond acceptors (Lipinski definition) is 5. The molecule has 1 N–H and O–H groups in total. The number of nitrogens with zero attached hydrogens (tertiary/aromatic N) is 1. The van der Waals surface area contributed by atoms with Gasteiger partial charge in [-0.05, 0) is 46.3 Å². The highest BCUT2D eigenvalue weighted by Crippen LogP contribution is 2.29. The number of methoxy groups -OCH3 is 1. The normalized spacial score (nSPS) is 10.6. The number of ether oxygens (including phenoxy) is 2. The Balaban J connectivity index is 1.93. The molecule has 7 nitrogen and oxygen atoms in total. The summed E-state index contributed by atoms with van der Waals surface area (Å²) in [7, 11) is 2.84. The number of carbonyl (C=O) groups excluding carboxylic acids is 2. The van der Waals surface area contributed by atoms with Crippen LogP contribution in [0, 0.1) is 0 Å². The van der Waals surface area contributed by atoms with E-state index in [-0.39, 0.29) is 36.1 Å². The van der Waals surface area contributed by atoms with Gasteiger partial charge in [0.05, 0.1) is 20.2 Å². The summed E-state index contributed by atoms with van der Waals surface area (Å²) in [6.45, 7) is -3.01. The van der Waals surface area contributed by atoms with E-state index in [9.17, 15) is 18.4 Å². The second-order valence-corrected chi connectivity index (χ2v) is 6.16. The number of furan rings is 1. The second kappa shape index (κ2) is 9.36. The van der Waals surface area contributed by atoms with Crippen LogP contribution < -0.4 is 14.8 Å². The highest BCUT2D eigenvalue weighted by molar-refractivity contribution is 9.10. The molecule has 0 saturated carbocycles. The first-order chi connectivity index (χ1) is 12.8. The zero-order valence-electron chi connectivity index (χ0n) is 14.5. The molecule has 0 aliphatic rings. The Morgan fingerprint density at radius 2 is 2.00 bits per heavy atom. The van der Waals surface area contributed by atoms with Crippen LogP contribution in [0.1, 0.15) is 16.1 Å². The van der Waals surface area contributed by atoms with Crippen LogP contribution in [0.3, 0.4) is 0 Å². The molecule has 0 fully saturated rings. The Hall–Kier alpha value is -2.62. The zero-order chi connectivity index (χ0) is 20.0. The summed E-state index contributed by atoms with van der Waals surface area (Å²) in [6.07, 6.45) is 0. The van der Waals surface area contributed by atoms with E-state index in [2.05, 4.69) is 26.0 Å². The minimum Gasteiger partial charge on any atom is -0.493 e. The lowest BCUT2D eigenvalue weighted by molar-refractivity contribution is -0.129. The third-order valence-electron chi connectivity index (χ3n) is 3.49. The first kappa shape index (κ1) is 20.7. The smallest absolute Gasteiger partial charge is 0.387 e. The van der Waals surface area contributed by atoms with Crippen molar-refractivity contribution in [1.82, 2.24) is 10.2 Å². The van der Waals surface area contributed by atoms with E-state index in [4.69, 9.17) is 9.15 Å². The van der Waals surface area contributed by atoms with E-state index in [1.165, 1.54) is 30.2 Å². The molecule has 0 aliphatic heterocycles. The van der Waals surface area contributed by atoms with Crippen LogP contribution in [0.15, 0.2) is 39.4 Å². The largest absolute Gasteiger partial charge is 0.493 e. The average Bonchev–Trinajstić information content (AvgIpc) is 3.03. The van der Waals surface area contributed by atoms with Gasteiger partial charge < -0.3 is 24.1 Å². The lowest BCUT2D eigenvalue weighted by atomic mass is 10.2. The summed E-state index contributed by atoms with van der Waals surface area (Å²) in [5, 5.41) is 2.47. The molecule has 0 unspecified atom stereocenters. The summed E-state index contributed by atoms with van der Waals surface area (Å²) >= 11 is 3.18. The van der Waals surface area contributed by atoms with Gasteiger partial charge in [0.25, 0.3) is 5.91 Å². The van der Waals surface area contributed by atoms with Crippen molar-refractivity contribution in [3.8, 4) is 11.5 Å². The number of halogens is 3. The molecule has 2 aromatic rings. The zero-order valence-corrected chi connectivity index (χ0v) is 16.1. The molecule has 2 rings (SSSR count). The van der Waals surface area contributed by atoms with Crippen molar-refractivity contribution >= 4 is 27.7 Å². The first-order valence-corrected chi connectivity index (χ1v) is 8.48. The van der Waals surface area contributed by atoms with Crippen LogP contribution in [0.2, 0.25) is 0 Å². The number of hydrogen-bond donors (Lipinski definition) is 1. The topological polar surface area (TPSA) is 81.0 Å². The highest BCUT2D eigenvalue weighted by Gasteiger charge is 2.16. The molecule has 1 aromatic heterocycles. The van der Waals surface area contributed by atoms with Crippen molar-refractivity contribution in [2.75, 3.05) is 20.7 Å². The van der Waals surface area contributed by atoms with E-state index >= 15 is 0 Å². The molecular formula is C17H17BrF2N2O5. The van der Waals surface area contributed by atoms with Gasteiger partial charge in [-0.3, -0.25) is 9.59 Å². The van der Waals surface area contributed by atoms with E-state index in [0.717, 1.165) is 0 Å². The Kier molecular flexibility index (Phi) is 7.17. The van der Waals surface area contributed by atoms with E-state index < -0.39 is 12.5 Å². The molecule has 0 bridgehead atoms. The van der Waals surface area contributed by atoms with Crippen molar-refractivity contribution in [2.24, 2.45) is 0 Å². The number of carbonyl (C=O) groups is 2. The average molecular weight is 447 g/mol. The van der Waals surface area contributed by atoms with E-state index in [1.54, 1.807) is 19.2 Å². The number of benzene rings is 1. The lowest BCUT2D eigenvalue weighted by Crippen LogP contribution is -2.37. The Morgan fingerprint density at radius 1 is 1.26 bits per heavy atom. The first-order valence-electron chi connectivity index (χ1n) is 7.69. The molecule has 1 heterocycles.